The van der Waals surface area contributed by atoms with Gasteiger partial charge in [0.15, 0.2) is 0 Å². The van der Waals surface area contributed by atoms with Crippen molar-refractivity contribution in [2.24, 2.45) is 0 Å². The Bertz CT molecular complexity index is 796. The van der Waals surface area contributed by atoms with E-state index in [9.17, 15) is 9.59 Å². The molecule has 0 saturated heterocycles. The summed E-state index contributed by atoms with van der Waals surface area (Å²) in [6.07, 6.45) is 3.92. The van der Waals surface area contributed by atoms with Crippen LogP contribution in [0, 0.1) is 0 Å². The fourth-order valence-corrected chi connectivity index (χ4v) is 2.53. The van der Waals surface area contributed by atoms with Gasteiger partial charge in [-0.05, 0) is 25.0 Å². The van der Waals surface area contributed by atoms with Gasteiger partial charge in [0.2, 0.25) is 5.91 Å². The second kappa shape index (κ2) is 6.82. The van der Waals surface area contributed by atoms with Crippen LogP contribution in [0.3, 0.4) is 0 Å². The van der Waals surface area contributed by atoms with Gasteiger partial charge in [0.05, 0.1) is 5.69 Å². The fourth-order valence-electron chi connectivity index (χ4n) is 2.53. The van der Waals surface area contributed by atoms with Crippen LogP contribution in [-0.2, 0) is 17.9 Å². The zero-order valence-corrected chi connectivity index (χ0v) is 13.9. The van der Waals surface area contributed by atoms with Crippen molar-refractivity contribution < 1.29 is 4.79 Å². The number of anilines is 1. The molecule has 1 amide bonds. The summed E-state index contributed by atoms with van der Waals surface area (Å²) in [7, 11) is 3.81. The Morgan fingerprint density at radius 1 is 1.33 bits per heavy atom. The third-order valence-electron chi connectivity index (χ3n) is 3.94. The maximum atomic E-state index is 12.2. The van der Waals surface area contributed by atoms with Crippen molar-refractivity contribution in [2.45, 2.75) is 31.8 Å². The van der Waals surface area contributed by atoms with Gasteiger partial charge >= 0.3 is 0 Å². The summed E-state index contributed by atoms with van der Waals surface area (Å²) >= 11 is 0. The van der Waals surface area contributed by atoms with Gasteiger partial charge in [0.1, 0.15) is 12.4 Å². The molecule has 0 radical (unpaired) electrons. The van der Waals surface area contributed by atoms with Gasteiger partial charge in [0, 0.05) is 44.4 Å². The van der Waals surface area contributed by atoms with Crippen molar-refractivity contribution in [1.29, 1.82) is 0 Å². The highest BCUT2D eigenvalue weighted by atomic mass is 16.2. The van der Waals surface area contributed by atoms with Gasteiger partial charge in [-0.1, -0.05) is 6.07 Å². The van der Waals surface area contributed by atoms with Gasteiger partial charge in [-0.25, -0.2) is 9.67 Å². The molecule has 0 aliphatic heterocycles. The van der Waals surface area contributed by atoms with Crippen LogP contribution >= 0.6 is 0 Å². The van der Waals surface area contributed by atoms with Crippen molar-refractivity contribution in [3.63, 3.8) is 0 Å². The monoisotopic (exact) mass is 327 g/mol. The van der Waals surface area contributed by atoms with E-state index < -0.39 is 0 Å². The summed E-state index contributed by atoms with van der Waals surface area (Å²) in [5.41, 5.74) is 1.55. The molecule has 1 aliphatic rings. The van der Waals surface area contributed by atoms with Gasteiger partial charge in [-0.2, -0.15) is 5.10 Å². The highest BCUT2D eigenvalue weighted by Crippen LogP contribution is 2.38. The topological polar surface area (TPSA) is 80.1 Å². The standard InChI is InChI=1S/C17H21N5O2/c1-21(2)17-13(4-3-9-18-17)10-19-15(23)11-22-16(24)8-7-14(20-22)12-5-6-12/h3-4,7-9,12H,5-6,10-11H2,1-2H3,(H,19,23). The minimum absolute atomic E-state index is 0.0725. The zero-order chi connectivity index (χ0) is 17.1. The predicted octanol–water partition coefficient (Wildman–Crippen LogP) is 0.898. The normalized spacial score (nSPS) is 13.6. The second-order valence-electron chi connectivity index (χ2n) is 6.19. The van der Waals surface area contributed by atoms with E-state index in [4.69, 9.17) is 0 Å². The first-order chi connectivity index (χ1) is 11.5. The number of carbonyl (C=O) groups excluding carboxylic acids is 1. The molecule has 0 atom stereocenters. The van der Waals surface area contributed by atoms with Gasteiger partial charge in [-0.15, -0.1) is 0 Å². The van der Waals surface area contributed by atoms with Crippen LogP contribution in [-0.4, -0.2) is 34.8 Å². The first-order valence-corrected chi connectivity index (χ1v) is 8.00. The molecule has 0 bridgehead atoms. The van der Waals surface area contributed by atoms with E-state index in [0.29, 0.717) is 12.5 Å². The smallest absolute Gasteiger partial charge is 0.267 e. The Morgan fingerprint density at radius 3 is 2.83 bits per heavy atom. The van der Waals surface area contributed by atoms with Gasteiger partial charge < -0.3 is 10.2 Å². The largest absolute Gasteiger partial charge is 0.362 e. The quantitative estimate of drug-likeness (QED) is 0.852. The zero-order valence-electron chi connectivity index (χ0n) is 13.9. The first-order valence-electron chi connectivity index (χ1n) is 8.00. The van der Waals surface area contributed by atoms with Crippen LogP contribution in [0.2, 0.25) is 0 Å². The summed E-state index contributed by atoms with van der Waals surface area (Å²) in [6, 6.07) is 6.99. The summed E-state index contributed by atoms with van der Waals surface area (Å²) in [5.74, 6) is 1.01. The molecular weight excluding hydrogens is 306 g/mol. The molecule has 2 aromatic heterocycles. The molecule has 3 rings (SSSR count). The summed E-state index contributed by atoms with van der Waals surface area (Å²) < 4.78 is 1.24. The molecule has 7 heteroatoms. The number of hydrogen-bond donors (Lipinski definition) is 1. The van der Waals surface area contributed by atoms with E-state index in [-0.39, 0.29) is 18.0 Å². The van der Waals surface area contributed by atoms with Crippen LogP contribution in [0.25, 0.3) is 0 Å². The lowest BCUT2D eigenvalue weighted by Gasteiger charge is -2.16. The second-order valence-corrected chi connectivity index (χ2v) is 6.19. The van der Waals surface area contributed by atoms with E-state index in [0.717, 1.165) is 29.9 Å². The molecule has 24 heavy (non-hydrogen) atoms. The number of amides is 1. The lowest BCUT2D eigenvalue weighted by molar-refractivity contribution is -0.122. The van der Waals surface area contributed by atoms with Crippen LogP contribution in [0.5, 0.6) is 0 Å². The number of hydrogen-bond acceptors (Lipinski definition) is 5. The SMILES string of the molecule is CN(C)c1ncccc1CNC(=O)Cn1nc(C2CC2)ccc1=O. The number of aromatic nitrogens is 3. The lowest BCUT2D eigenvalue weighted by Crippen LogP contribution is -2.33. The molecule has 0 spiro atoms. The molecule has 7 nitrogen and oxygen atoms in total. The van der Waals surface area contributed by atoms with E-state index in [2.05, 4.69) is 15.4 Å². The summed E-state index contributed by atoms with van der Waals surface area (Å²) in [4.78, 5) is 30.2. The van der Waals surface area contributed by atoms with Crippen molar-refractivity contribution in [3.8, 4) is 0 Å². The highest BCUT2D eigenvalue weighted by Gasteiger charge is 2.25. The Balaban J connectivity index is 1.64. The number of nitrogens with one attached hydrogen (secondary N) is 1. The molecule has 126 valence electrons. The van der Waals surface area contributed by atoms with E-state index in [1.54, 1.807) is 12.3 Å². The minimum atomic E-state index is -0.259. The van der Waals surface area contributed by atoms with E-state index in [1.807, 2.05) is 31.1 Å². The lowest BCUT2D eigenvalue weighted by atomic mass is 10.2. The molecule has 1 N–H and O–H groups in total. The highest BCUT2D eigenvalue weighted by molar-refractivity contribution is 5.75. The van der Waals surface area contributed by atoms with Crippen molar-refractivity contribution in [2.75, 3.05) is 19.0 Å². The summed E-state index contributed by atoms with van der Waals surface area (Å²) in [5, 5.41) is 7.13. The number of carbonyl (C=O) groups is 1. The van der Waals surface area contributed by atoms with Crippen LogP contribution < -0.4 is 15.8 Å². The van der Waals surface area contributed by atoms with Crippen molar-refractivity contribution >= 4 is 11.7 Å². The van der Waals surface area contributed by atoms with Crippen LogP contribution in [0.15, 0.2) is 35.3 Å². The van der Waals surface area contributed by atoms with E-state index in [1.165, 1.54) is 10.7 Å². The van der Waals surface area contributed by atoms with E-state index >= 15 is 0 Å². The first kappa shape index (κ1) is 16.2. The van der Waals surface area contributed by atoms with Gasteiger partial charge in [-0.3, -0.25) is 9.59 Å². The Hall–Kier alpha value is -2.70. The molecule has 1 saturated carbocycles. The fraction of sp³-hybridized carbons (Fsp3) is 0.412. The molecule has 0 unspecified atom stereocenters. The average Bonchev–Trinajstić information content (AvgIpc) is 3.40. The average molecular weight is 327 g/mol. The third-order valence-corrected chi connectivity index (χ3v) is 3.94. The number of nitrogens with zero attached hydrogens (tertiary/aromatic N) is 4. The molecule has 2 heterocycles. The number of pyridine rings is 1. The molecule has 2 aromatic rings. The molecule has 1 aliphatic carbocycles. The minimum Gasteiger partial charge on any atom is -0.362 e. The van der Waals surface area contributed by atoms with Crippen LogP contribution in [0.4, 0.5) is 5.82 Å². The Kier molecular flexibility index (Phi) is 4.59. The predicted molar refractivity (Wildman–Crippen MR) is 90.9 cm³/mol. The Labute approximate surface area is 140 Å². The molecule has 0 aromatic carbocycles. The van der Waals surface area contributed by atoms with Crippen molar-refractivity contribution in [3.05, 3.63) is 52.1 Å². The number of rotatable bonds is 6. The van der Waals surface area contributed by atoms with Crippen LogP contribution in [0.1, 0.15) is 30.0 Å². The molecule has 1 fully saturated rings. The maximum Gasteiger partial charge on any atom is 0.267 e. The Morgan fingerprint density at radius 2 is 2.12 bits per heavy atom. The van der Waals surface area contributed by atoms with Gasteiger partial charge in [0.25, 0.3) is 5.56 Å². The third kappa shape index (κ3) is 3.79. The maximum absolute atomic E-state index is 12.2. The van der Waals surface area contributed by atoms with Crippen molar-refractivity contribution in [1.82, 2.24) is 20.1 Å². The molecular formula is C17H21N5O2. The summed E-state index contributed by atoms with van der Waals surface area (Å²) in [6.45, 7) is 0.286.